The molecule has 0 unspecified atom stereocenters. The maximum atomic E-state index is 14.1. The molecule has 1 aromatic rings. The smallest absolute Gasteiger partial charge is 0.414 e. The summed E-state index contributed by atoms with van der Waals surface area (Å²) < 4.78 is 24.5. The Hall–Kier alpha value is -2.57. The van der Waals surface area contributed by atoms with Gasteiger partial charge in [-0.15, -0.1) is 0 Å². The largest absolute Gasteiger partial charge is 0.462 e. The number of esters is 1. The minimum absolute atomic E-state index is 0.148. The summed E-state index contributed by atoms with van der Waals surface area (Å²) in [6.07, 6.45) is -0.393. The van der Waals surface area contributed by atoms with E-state index >= 15 is 0 Å². The van der Waals surface area contributed by atoms with Crippen LogP contribution in [0.15, 0.2) is 17.8 Å². The maximum absolute atomic E-state index is 14.1. The van der Waals surface area contributed by atoms with Crippen molar-refractivity contribution in [3.63, 3.8) is 0 Å². The zero-order chi connectivity index (χ0) is 18.9. The Morgan fingerprint density at radius 2 is 1.96 bits per heavy atom. The number of allylic oxidation sites excluding steroid dienone is 1. The Labute approximate surface area is 146 Å². The van der Waals surface area contributed by atoms with E-state index in [0.717, 1.165) is 0 Å². The number of halogens is 1. The van der Waals surface area contributed by atoms with Crippen LogP contribution in [0.5, 0.6) is 0 Å². The SMILES string of the molecule is CCOC(=O)C1=C(N)Cc2c1cc(F)cc2N(C)C(=O)OC(C)(C)C. The van der Waals surface area contributed by atoms with Crippen LogP contribution in [0, 0.1) is 5.82 Å². The number of nitrogens with two attached hydrogens (primary N) is 1. The summed E-state index contributed by atoms with van der Waals surface area (Å²) in [5, 5.41) is 0. The molecule has 0 heterocycles. The lowest BCUT2D eigenvalue weighted by atomic mass is 10.0. The molecule has 6 nitrogen and oxygen atoms in total. The van der Waals surface area contributed by atoms with Crippen molar-refractivity contribution in [2.45, 2.75) is 39.7 Å². The second kappa shape index (κ2) is 6.74. The van der Waals surface area contributed by atoms with Gasteiger partial charge in [0, 0.05) is 19.2 Å². The Kier molecular flexibility index (Phi) is 5.06. The van der Waals surface area contributed by atoms with Gasteiger partial charge < -0.3 is 15.2 Å². The average molecular weight is 350 g/mol. The van der Waals surface area contributed by atoms with E-state index in [1.54, 1.807) is 27.7 Å². The molecule has 2 N–H and O–H groups in total. The molecule has 0 bridgehead atoms. The second-order valence-corrected chi connectivity index (χ2v) is 6.79. The summed E-state index contributed by atoms with van der Waals surface area (Å²) in [5.74, 6) is -1.18. The number of rotatable bonds is 3. The molecule has 0 saturated heterocycles. The highest BCUT2D eigenvalue weighted by Crippen LogP contribution is 2.38. The number of hydrogen-bond acceptors (Lipinski definition) is 5. The molecule has 2 rings (SSSR count). The van der Waals surface area contributed by atoms with Crippen molar-refractivity contribution in [1.29, 1.82) is 0 Å². The molecular weight excluding hydrogens is 327 g/mol. The van der Waals surface area contributed by atoms with Crippen molar-refractivity contribution >= 4 is 23.3 Å². The first kappa shape index (κ1) is 18.8. The zero-order valence-electron chi connectivity index (χ0n) is 15.1. The van der Waals surface area contributed by atoms with Gasteiger partial charge in [0.1, 0.15) is 11.4 Å². The van der Waals surface area contributed by atoms with Crippen molar-refractivity contribution < 1.29 is 23.5 Å². The molecular formula is C18H23FN2O4. The van der Waals surface area contributed by atoms with E-state index < -0.39 is 23.5 Å². The number of carbonyl (C=O) groups excluding carboxylic acids is 2. The first-order valence-corrected chi connectivity index (χ1v) is 8.00. The standard InChI is InChI=1S/C18H23FN2O4/c1-6-24-16(22)15-12-7-10(19)8-14(11(12)9-13(15)20)21(5)17(23)25-18(2,3)4/h7-8H,6,9,20H2,1-5H3. The molecule has 0 spiro atoms. The van der Waals surface area contributed by atoms with Gasteiger partial charge in [-0.3, -0.25) is 4.90 Å². The zero-order valence-corrected chi connectivity index (χ0v) is 15.1. The fourth-order valence-corrected chi connectivity index (χ4v) is 2.66. The number of carbonyl (C=O) groups is 2. The Morgan fingerprint density at radius 1 is 1.32 bits per heavy atom. The second-order valence-electron chi connectivity index (χ2n) is 6.79. The highest BCUT2D eigenvalue weighted by atomic mass is 19.1. The quantitative estimate of drug-likeness (QED) is 0.848. The lowest BCUT2D eigenvalue weighted by Gasteiger charge is -2.26. The molecule has 0 aliphatic heterocycles. The first-order chi connectivity index (χ1) is 11.5. The third-order valence-corrected chi connectivity index (χ3v) is 3.66. The molecule has 0 fully saturated rings. The van der Waals surface area contributed by atoms with E-state index in [4.69, 9.17) is 15.2 Å². The van der Waals surface area contributed by atoms with Gasteiger partial charge >= 0.3 is 12.1 Å². The van der Waals surface area contributed by atoms with Gasteiger partial charge in [0.25, 0.3) is 0 Å². The van der Waals surface area contributed by atoms with Crippen molar-refractivity contribution in [3.05, 3.63) is 34.8 Å². The third-order valence-electron chi connectivity index (χ3n) is 3.66. The molecule has 0 saturated carbocycles. The molecule has 1 amide bonds. The van der Waals surface area contributed by atoms with Crippen LogP contribution in [0.1, 0.15) is 38.8 Å². The Balaban J connectivity index is 2.44. The van der Waals surface area contributed by atoms with Crippen LogP contribution < -0.4 is 10.6 Å². The molecule has 0 radical (unpaired) electrons. The van der Waals surface area contributed by atoms with Crippen LogP contribution >= 0.6 is 0 Å². The third kappa shape index (κ3) is 3.92. The predicted octanol–water partition coefficient (Wildman–Crippen LogP) is 2.99. The van der Waals surface area contributed by atoms with E-state index in [-0.39, 0.29) is 24.3 Å². The maximum Gasteiger partial charge on any atom is 0.414 e. The van der Waals surface area contributed by atoms with E-state index in [2.05, 4.69) is 0 Å². The minimum Gasteiger partial charge on any atom is -0.462 e. The van der Waals surface area contributed by atoms with Gasteiger partial charge in [-0.1, -0.05) is 0 Å². The Morgan fingerprint density at radius 3 is 2.52 bits per heavy atom. The Bertz CT molecular complexity index is 750. The van der Waals surface area contributed by atoms with Crippen molar-refractivity contribution in [3.8, 4) is 0 Å². The number of nitrogens with zero attached hydrogens (tertiary/aromatic N) is 1. The molecule has 0 atom stereocenters. The lowest BCUT2D eigenvalue weighted by molar-refractivity contribution is -0.136. The fourth-order valence-electron chi connectivity index (χ4n) is 2.66. The number of ether oxygens (including phenoxy) is 2. The first-order valence-electron chi connectivity index (χ1n) is 8.00. The van der Waals surface area contributed by atoms with Crippen LogP contribution in [-0.2, 0) is 20.7 Å². The molecule has 0 aromatic heterocycles. The van der Waals surface area contributed by atoms with Gasteiger partial charge in [-0.25, -0.2) is 14.0 Å². The fraction of sp³-hybridized carbons (Fsp3) is 0.444. The van der Waals surface area contributed by atoms with E-state index in [1.807, 2.05) is 0 Å². The summed E-state index contributed by atoms with van der Waals surface area (Å²) in [5.41, 5.74) is 6.98. The number of benzene rings is 1. The van der Waals surface area contributed by atoms with Crippen LogP contribution in [0.4, 0.5) is 14.9 Å². The highest BCUT2D eigenvalue weighted by molar-refractivity contribution is 6.19. The van der Waals surface area contributed by atoms with E-state index in [9.17, 15) is 14.0 Å². The van der Waals surface area contributed by atoms with Gasteiger partial charge in [0.2, 0.25) is 0 Å². The topological polar surface area (TPSA) is 81.9 Å². The monoisotopic (exact) mass is 350 g/mol. The molecule has 25 heavy (non-hydrogen) atoms. The molecule has 1 aliphatic carbocycles. The number of hydrogen-bond donors (Lipinski definition) is 1. The summed E-state index contributed by atoms with van der Waals surface area (Å²) in [6.45, 7) is 7.09. The van der Waals surface area contributed by atoms with Crippen LogP contribution in [0.2, 0.25) is 0 Å². The van der Waals surface area contributed by atoms with Gasteiger partial charge in [-0.2, -0.15) is 0 Å². The number of fused-ring (bicyclic) bond motifs is 1. The summed E-state index contributed by atoms with van der Waals surface area (Å²) in [4.78, 5) is 25.7. The molecule has 1 aromatic carbocycles. The minimum atomic E-state index is -0.685. The van der Waals surface area contributed by atoms with Gasteiger partial charge in [0.15, 0.2) is 0 Å². The number of anilines is 1. The normalized spacial score (nSPS) is 13.5. The van der Waals surface area contributed by atoms with Crippen molar-refractivity contribution in [2.75, 3.05) is 18.6 Å². The summed E-state index contributed by atoms with van der Waals surface area (Å²) >= 11 is 0. The van der Waals surface area contributed by atoms with Crippen molar-refractivity contribution in [1.82, 2.24) is 0 Å². The van der Waals surface area contributed by atoms with Crippen molar-refractivity contribution in [2.24, 2.45) is 5.73 Å². The van der Waals surface area contributed by atoms with Gasteiger partial charge in [-0.05, 0) is 51.0 Å². The lowest BCUT2D eigenvalue weighted by Crippen LogP contribution is -2.34. The highest BCUT2D eigenvalue weighted by Gasteiger charge is 2.32. The summed E-state index contributed by atoms with van der Waals surface area (Å²) in [6, 6.07) is 2.46. The molecule has 1 aliphatic rings. The van der Waals surface area contributed by atoms with Crippen LogP contribution in [0.3, 0.4) is 0 Å². The molecule has 7 heteroatoms. The number of amides is 1. The van der Waals surface area contributed by atoms with E-state index in [1.165, 1.54) is 24.1 Å². The van der Waals surface area contributed by atoms with Crippen LogP contribution in [-0.4, -0.2) is 31.3 Å². The van der Waals surface area contributed by atoms with E-state index in [0.29, 0.717) is 16.8 Å². The summed E-state index contributed by atoms with van der Waals surface area (Å²) in [7, 11) is 1.49. The van der Waals surface area contributed by atoms with Crippen LogP contribution in [0.25, 0.3) is 5.57 Å². The predicted molar refractivity (Wildman–Crippen MR) is 92.5 cm³/mol. The average Bonchev–Trinajstić information content (AvgIpc) is 2.80. The van der Waals surface area contributed by atoms with Gasteiger partial charge in [0.05, 0.1) is 17.9 Å². The molecule has 136 valence electrons.